The lowest BCUT2D eigenvalue weighted by atomic mass is 10.2. The normalized spacial score (nSPS) is 16.2. The second-order valence-corrected chi connectivity index (χ2v) is 5.21. The van der Waals surface area contributed by atoms with Crippen LogP contribution in [-0.4, -0.2) is 45.3 Å². The molecule has 2 amide bonds. The molecule has 0 bridgehead atoms. The molecule has 6 nitrogen and oxygen atoms in total. The molecule has 1 aliphatic rings. The van der Waals surface area contributed by atoms with Gasteiger partial charge in [0.15, 0.2) is 0 Å². The van der Waals surface area contributed by atoms with Gasteiger partial charge >= 0.3 is 6.03 Å². The first-order valence-electron chi connectivity index (χ1n) is 7.00. The van der Waals surface area contributed by atoms with Gasteiger partial charge in [-0.2, -0.15) is 0 Å². The summed E-state index contributed by atoms with van der Waals surface area (Å²) < 4.78 is 1.98. The number of aromatic nitrogens is 3. The SMILES string of the molecule is CCc1nncn1CCNC(=O)N(C)[C@H](C)C1CC1. The maximum atomic E-state index is 12.0. The van der Waals surface area contributed by atoms with Gasteiger partial charge in [0.2, 0.25) is 0 Å². The van der Waals surface area contributed by atoms with Gasteiger partial charge in [-0.3, -0.25) is 0 Å². The van der Waals surface area contributed by atoms with E-state index in [1.54, 1.807) is 6.33 Å². The lowest BCUT2D eigenvalue weighted by molar-refractivity contribution is 0.187. The van der Waals surface area contributed by atoms with Crippen molar-refractivity contribution >= 4 is 6.03 Å². The van der Waals surface area contributed by atoms with Crippen LogP contribution in [0, 0.1) is 5.92 Å². The number of nitrogens with zero attached hydrogens (tertiary/aromatic N) is 4. The molecule has 1 N–H and O–H groups in total. The first kappa shape index (κ1) is 13.8. The summed E-state index contributed by atoms with van der Waals surface area (Å²) in [5.41, 5.74) is 0. The number of hydrogen-bond acceptors (Lipinski definition) is 3. The van der Waals surface area contributed by atoms with E-state index in [1.807, 2.05) is 23.4 Å². The number of aryl methyl sites for hydroxylation is 1. The zero-order valence-corrected chi connectivity index (χ0v) is 12.0. The van der Waals surface area contributed by atoms with E-state index in [-0.39, 0.29) is 6.03 Å². The molecule has 19 heavy (non-hydrogen) atoms. The second-order valence-electron chi connectivity index (χ2n) is 5.21. The molecule has 0 unspecified atom stereocenters. The number of carbonyl (C=O) groups excluding carboxylic acids is 1. The van der Waals surface area contributed by atoms with Gasteiger partial charge in [0, 0.05) is 32.6 Å². The van der Waals surface area contributed by atoms with E-state index in [4.69, 9.17) is 0 Å². The van der Waals surface area contributed by atoms with E-state index in [1.165, 1.54) is 12.8 Å². The van der Waals surface area contributed by atoms with Crippen molar-refractivity contribution in [3.05, 3.63) is 12.2 Å². The van der Waals surface area contributed by atoms with Gasteiger partial charge in [0.25, 0.3) is 0 Å². The number of hydrogen-bond donors (Lipinski definition) is 1. The van der Waals surface area contributed by atoms with Gasteiger partial charge in [-0.05, 0) is 25.7 Å². The number of carbonyl (C=O) groups is 1. The fourth-order valence-corrected chi connectivity index (χ4v) is 2.23. The Morgan fingerprint density at radius 3 is 3.00 bits per heavy atom. The van der Waals surface area contributed by atoms with Crippen LogP contribution in [0.3, 0.4) is 0 Å². The molecule has 1 aromatic rings. The average molecular weight is 265 g/mol. The third-order valence-corrected chi connectivity index (χ3v) is 3.88. The minimum Gasteiger partial charge on any atom is -0.336 e. The van der Waals surface area contributed by atoms with Gasteiger partial charge in [-0.1, -0.05) is 6.92 Å². The highest BCUT2D eigenvalue weighted by atomic mass is 16.2. The smallest absolute Gasteiger partial charge is 0.317 e. The van der Waals surface area contributed by atoms with E-state index in [0.717, 1.165) is 12.2 Å². The Morgan fingerprint density at radius 1 is 1.63 bits per heavy atom. The second kappa shape index (κ2) is 6.04. The Labute approximate surface area is 114 Å². The van der Waals surface area contributed by atoms with Crippen LogP contribution in [0.4, 0.5) is 4.79 Å². The number of rotatable bonds is 6. The molecule has 0 spiro atoms. The van der Waals surface area contributed by atoms with Crippen LogP contribution < -0.4 is 5.32 Å². The summed E-state index contributed by atoms with van der Waals surface area (Å²) in [4.78, 5) is 13.8. The molecule has 0 aromatic carbocycles. The predicted molar refractivity (Wildman–Crippen MR) is 72.7 cm³/mol. The molecule has 106 valence electrons. The standard InChI is InChI=1S/C13H23N5O/c1-4-12-16-15-9-18(12)8-7-14-13(19)17(3)10(2)11-5-6-11/h9-11H,4-8H2,1-3H3,(H,14,19)/t10-/m1/s1. The Kier molecular flexibility index (Phi) is 4.39. The molecule has 0 radical (unpaired) electrons. The van der Waals surface area contributed by atoms with E-state index < -0.39 is 0 Å². The quantitative estimate of drug-likeness (QED) is 0.842. The molecule has 0 aliphatic heterocycles. The summed E-state index contributed by atoms with van der Waals surface area (Å²) in [6.07, 6.45) is 5.06. The van der Waals surface area contributed by atoms with Crippen molar-refractivity contribution in [3.63, 3.8) is 0 Å². The topological polar surface area (TPSA) is 63.1 Å². The van der Waals surface area contributed by atoms with Crippen molar-refractivity contribution in [3.8, 4) is 0 Å². The third-order valence-electron chi connectivity index (χ3n) is 3.88. The van der Waals surface area contributed by atoms with Crippen LogP contribution in [0.5, 0.6) is 0 Å². The highest BCUT2D eigenvalue weighted by Gasteiger charge is 2.32. The monoisotopic (exact) mass is 265 g/mol. The summed E-state index contributed by atoms with van der Waals surface area (Å²) in [6.45, 7) is 5.48. The third kappa shape index (κ3) is 3.45. The summed E-state index contributed by atoms with van der Waals surface area (Å²) in [6, 6.07) is 0.339. The van der Waals surface area contributed by atoms with Gasteiger partial charge in [0.1, 0.15) is 12.2 Å². The predicted octanol–water partition coefficient (Wildman–Crippen LogP) is 1.28. The largest absolute Gasteiger partial charge is 0.336 e. The van der Waals surface area contributed by atoms with Crippen LogP contribution >= 0.6 is 0 Å². The van der Waals surface area contributed by atoms with Gasteiger partial charge in [-0.25, -0.2) is 4.79 Å². The van der Waals surface area contributed by atoms with Crippen molar-refractivity contribution in [2.75, 3.05) is 13.6 Å². The summed E-state index contributed by atoms with van der Waals surface area (Å²) in [7, 11) is 1.87. The fraction of sp³-hybridized carbons (Fsp3) is 0.769. The molecule has 1 fully saturated rings. The van der Waals surface area contributed by atoms with Gasteiger partial charge < -0.3 is 14.8 Å². The van der Waals surface area contributed by atoms with Crippen LogP contribution in [0.25, 0.3) is 0 Å². The zero-order valence-electron chi connectivity index (χ0n) is 12.0. The van der Waals surface area contributed by atoms with E-state index in [0.29, 0.717) is 25.0 Å². The van der Waals surface area contributed by atoms with Gasteiger partial charge in [-0.15, -0.1) is 10.2 Å². The molecule has 1 aliphatic carbocycles. The molecular formula is C13H23N5O. The number of urea groups is 1. The van der Waals surface area contributed by atoms with Crippen molar-refractivity contribution in [1.82, 2.24) is 25.0 Å². The van der Waals surface area contributed by atoms with Crippen molar-refractivity contribution < 1.29 is 4.79 Å². The molecule has 0 saturated heterocycles. The number of nitrogens with one attached hydrogen (secondary N) is 1. The molecule has 1 aromatic heterocycles. The van der Waals surface area contributed by atoms with Crippen LogP contribution in [0.1, 0.15) is 32.5 Å². The van der Waals surface area contributed by atoms with Crippen LogP contribution in [-0.2, 0) is 13.0 Å². The molecular weight excluding hydrogens is 242 g/mol. The minimum atomic E-state index is 0.00511. The number of amides is 2. The maximum absolute atomic E-state index is 12.0. The molecule has 1 atom stereocenters. The zero-order chi connectivity index (χ0) is 13.8. The van der Waals surface area contributed by atoms with Crippen molar-refractivity contribution in [1.29, 1.82) is 0 Å². The average Bonchev–Trinajstić information content (AvgIpc) is 3.17. The Morgan fingerprint density at radius 2 is 2.37 bits per heavy atom. The summed E-state index contributed by atoms with van der Waals surface area (Å²) in [5.74, 6) is 1.65. The first-order chi connectivity index (χ1) is 9.13. The lowest BCUT2D eigenvalue weighted by Crippen LogP contribution is -2.44. The molecule has 2 rings (SSSR count). The molecule has 1 saturated carbocycles. The Bertz CT molecular complexity index is 426. The Hall–Kier alpha value is -1.59. The molecule has 1 heterocycles. The van der Waals surface area contributed by atoms with E-state index in [2.05, 4.69) is 22.4 Å². The maximum Gasteiger partial charge on any atom is 0.317 e. The molecule has 6 heteroatoms. The fourth-order valence-electron chi connectivity index (χ4n) is 2.23. The lowest BCUT2D eigenvalue weighted by Gasteiger charge is -2.25. The Balaban J connectivity index is 1.74. The van der Waals surface area contributed by atoms with Gasteiger partial charge in [0.05, 0.1) is 0 Å². The van der Waals surface area contributed by atoms with Crippen LogP contribution in [0.2, 0.25) is 0 Å². The van der Waals surface area contributed by atoms with E-state index in [9.17, 15) is 4.79 Å². The highest BCUT2D eigenvalue weighted by molar-refractivity contribution is 5.74. The summed E-state index contributed by atoms with van der Waals surface area (Å²) in [5, 5.41) is 10.8. The van der Waals surface area contributed by atoms with Crippen LogP contribution in [0.15, 0.2) is 6.33 Å². The first-order valence-corrected chi connectivity index (χ1v) is 7.00. The summed E-state index contributed by atoms with van der Waals surface area (Å²) >= 11 is 0. The van der Waals surface area contributed by atoms with E-state index >= 15 is 0 Å². The highest BCUT2D eigenvalue weighted by Crippen LogP contribution is 2.34. The van der Waals surface area contributed by atoms with Crippen molar-refractivity contribution in [2.45, 2.75) is 45.7 Å². The van der Waals surface area contributed by atoms with Crippen molar-refractivity contribution in [2.24, 2.45) is 5.92 Å². The minimum absolute atomic E-state index is 0.00511.